The highest BCUT2D eigenvalue weighted by molar-refractivity contribution is 6.22. The third-order valence-electron chi connectivity index (χ3n) is 5.70. The standard InChI is InChI=1S/C22H24N4O3.2ClH/c1-23-13-15-6-10-25(11-7-15)20(27)17-2-3-18-19(12-17)22(29)26(21(18)28)14-16-4-8-24-9-5-16;;/h2-5,8-9,12,15,23H,6-7,10-11,13-14H2,1H3;2*1H. The van der Waals surface area contributed by atoms with Crippen molar-refractivity contribution in [2.24, 2.45) is 5.92 Å². The Kier molecular flexibility index (Phi) is 8.56. The Morgan fingerprint density at radius 2 is 1.68 bits per heavy atom. The van der Waals surface area contributed by atoms with E-state index in [1.54, 1.807) is 42.7 Å². The van der Waals surface area contributed by atoms with Gasteiger partial charge in [0.15, 0.2) is 0 Å². The first-order valence-electron chi connectivity index (χ1n) is 9.91. The first kappa shape index (κ1) is 24.8. The number of hydrogen-bond acceptors (Lipinski definition) is 5. The lowest BCUT2D eigenvalue weighted by Crippen LogP contribution is -2.40. The minimum absolute atomic E-state index is 0. The molecule has 4 rings (SSSR count). The SMILES string of the molecule is CNCC1CCN(C(=O)c2ccc3c(c2)C(=O)N(Cc2ccncc2)C3=O)CC1.Cl.Cl. The summed E-state index contributed by atoms with van der Waals surface area (Å²) in [7, 11) is 1.94. The molecule has 0 aliphatic carbocycles. The molecule has 1 fully saturated rings. The van der Waals surface area contributed by atoms with Crippen molar-refractivity contribution in [3.05, 3.63) is 65.0 Å². The van der Waals surface area contributed by atoms with Gasteiger partial charge >= 0.3 is 0 Å². The van der Waals surface area contributed by atoms with Crippen LogP contribution in [0.4, 0.5) is 0 Å². The van der Waals surface area contributed by atoms with Crippen molar-refractivity contribution in [2.45, 2.75) is 19.4 Å². The van der Waals surface area contributed by atoms with Crippen LogP contribution in [0.2, 0.25) is 0 Å². The van der Waals surface area contributed by atoms with E-state index >= 15 is 0 Å². The highest BCUT2D eigenvalue weighted by Gasteiger charge is 2.36. The van der Waals surface area contributed by atoms with E-state index in [1.807, 2.05) is 11.9 Å². The lowest BCUT2D eigenvalue weighted by Gasteiger charge is -2.32. The normalized spacial score (nSPS) is 15.9. The maximum absolute atomic E-state index is 12.9. The first-order chi connectivity index (χ1) is 14.1. The number of nitrogens with one attached hydrogen (secondary N) is 1. The Hall–Kier alpha value is -2.48. The van der Waals surface area contributed by atoms with Crippen LogP contribution < -0.4 is 5.32 Å². The third-order valence-corrected chi connectivity index (χ3v) is 5.70. The van der Waals surface area contributed by atoms with E-state index in [1.165, 1.54) is 4.90 Å². The van der Waals surface area contributed by atoms with E-state index in [4.69, 9.17) is 0 Å². The van der Waals surface area contributed by atoms with E-state index in [2.05, 4.69) is 10.3 Å². The summed E-state index contributed by atoms with van der Waals surface area (Å²) >= 11 is 0. The second-order valence-electron chi connectivity index (χ2n) is 7.61. The van der Waals surface area contributed by atoms with Crippen molar-refractivity contribution in [3.63, 3.8) is 0 Å². The predicted octanol–water partition coefficient (Wildman–Crippen LogP) is 2.79. The molecule has 31 heavy (non-hydrogen) atoms. The molecule has 2 aromatic rings. The number of carbonyl (C=O) groups excluding carboxylic acids is 3. The van der Waals surface area contributed by atoms with Crippen molar-refractivity contribution in [2.75, 3.05) is 26.7 Å². The molecule has 1 aromatic carbocycles. The van der Waals surface area contributed by atoms with Crippen molar-refractivity contribution in [1.82, 2.24) is 20.1 Å². The number of imide groups is 1. The van der Waals surface area contributed by atoms with Gasteiger partial charge in [-0.1, -0.05) is 0 Å². The van der Waals surface area contributed by atoms with Gasteiger partial charge in [-0.3, -0.25) is 24.3 Å². The minimum atomic E-state index is -0.357. The monoisotopic (exact) mass is 464 g/mol. The number of hydrogen-bond donors (Lipinski definition) is 1. The van der Waals surface area contributed by atoms with Crippen LogP contribution in [0.15, 0.2) is 42.7 Å². The number of pyridine rings is 1. The summed E-state index contributed by atoms with van der Waals surface area (Å²) in [5, 5.41) is 3.19. The Balaban J connectivity index is 0.00000171. The summed E-state index contributed by atoms with van der Waals surface area (Å²) < 4.78 is 0. The van der Waals surface area contributed by atoms with Gasteiger partial charge in [0.2, 0.25) is 0 Å². The molecule has 0 unspecified atom stereocenters. The number of rotatable bonds is 5. The highest BCUT2D eigenvalue weighted by atomic mass is 35.5. The average molecular weight is 465 g/mol. The van der Waals surface area contributed by atoms with Gasteiger partial charge in [0, 0.05) is 31.0 Å². The zero-order valence-corrected chi connectivity index (χ0v) is 18.9. The molecule has 0 atom stereocenters. The number of piperidine rings is 1. The molecular weight excluding hydrogens is 439 g/mol. The number of likely N-dealkylation sites (tertiary alicyclic amines) is 1. The van der Waals surface area contributed by atoms with Crippen molar-refractivity contribution < 1.29 is 14.4 Å². The molecule has 0 spiro atoms. The van der Waals surface area contributed by atoms with Crippen molar-refractivity contribution in [3.8, 4) is 0 Å². The predicted molar refractivity (Wildman–Crippen MR) is 122 cm³/mol. The maximum atomic E-state index is 12.9. The quantitative estimate of drug-likeness (QED) is 0.687. The zero-order chi connectivity index (χ0) is 20.4. The minimum Gasteiger partial charge on any atom is -0.339 e. The van der Waals surface area contributed by atoms with Gasteiger partial charge in [0.25, 0.3) is 17.7 Å². The van der Waals surface area contributed by atoms with Gasteiger partial charge in [0.05, 0.1) is 17.7 Å². The summed E-state index contributed by atoms with van der Waals surface area (Å²) in [5.41, 5.74) is 1.95. The molecule has 2 aliphatic heterocycles. The smallest absolute Gasteiger partial charge is 0.261 e. The fourth-order valence-electron chi connectivity index (χ4n) is 4.05. The van der Waals surface area contributed by atoms with Gasteiger partial charge in [-0.25, -0.2) is 0 Å². The van der Waals surface area contributed by atoms with Gasteiger partial charge in [0.1, 0.15) is 0 Å². The molecule has 166 valence electrons. The molecule has 1 saturated heterocycles. The molecule has 3 heterocycles. The molecule has 2 aliphatic rings. The molecule has 9 heteroatoms. The van der Waals surface area contributed by atoms with Crippen LogP contribution in [0.25, 0.3) is 0 Å². The van der Waals surface area contributed by atoms with Crippen LogP contribution in [-0.2, 0) is 6.54 Å². The van der Waals surface area contributed by atoms with Gasteiger partial charge in [-0.05, 0) is 68.2 Å². The topological polar surface area (TPSA) is 82.6 Å². The maximum Gasteiger partial charge on any atom is 0.261 e. The molecule has 1 N–H and O–H groups in total. The van der Waals surface area contributed by atoms with E-state index < -0.39 is 0 Å². The van der Waals surface area contributed by atoms with Gasteiger partial charge in [-0.2, -0.15) is 0 Å². The summed E-state index contributed by atoms with van der Waals surface area (Å²) in [6.45, 7) is 2.58. The molecule has 1 aromatic heterocycles. The third kappa shape index (κ3) is 5.06. The summed E-state index contributed by atoms with van der Waals surface area (Å²) in [6, 6.07) is 8.38. The highest BCUT2D eigenvalue weighted by Crippen LogP contribution is 2.27. The van der Waals surface area contributed by atoms with Gasteiger partial charge < -0.3 is 10.2 Å². The Morgan fingerprint density at radius 3 is 2.32 bits per heavy atom. The van der Waals surface area contributed by atoms with E-state index in [0.717, 1.165) is 24.9 Å². The van der Waals surface area contributed by atoms with Gasteiger partial charge in [-0.15, -0.1) is 24.8 Å². The van der Waals surface area contributed by atoms with Crippen LogP contribution in [0, 0.1) is 5.92 Å². The fourth-order valence-corrected chi connectivity index (χ4v) is 4.05. The second kappa shape index (κ2) is 10.7. The second-order valence-corrected chi connectivity index (χ2v) is 7.61. The molecule has 0 saturated carbocycles. The number of aromatic nitrogens is 1. The lowest BCUT2D eigenvalue weighted by atomic mass is 9.96. The largest absolute Gasteiger partial charge is 0.339 e. The van der Waals surface area contributed by atoms with Crippen LogP contribution in [0.1, 0.15) is 49.5 Å². The Bertz CT molecular complexity index is 947. The summed E-state index contributed by atoms with van der Waals surface area (Å²) in [6.07, 6.45) is 5.19. The lowest BCUT2D eigenvalue weighted by molar-refractivity contribution is 0.0641. The van der Waals surface area contributed by atoms with Crippen LogP contribution in [-0.4, -0.2) is 59.2 Å². The molecular formula is C22H26Cl2N4O3. The summed E-state index contributed by atoms with van der Waals surface area (Å²) in [5.74, 6) is -0.175. The Labute approximate surface area is 194 Å². The molecule has 3 amide bonds. The van der Waals surface area contributed by atoms with Crippen LogP contribution in [0.3, 0.4) is 0 Å². The number of amides is 3. The van der Waals surface area contributed by atoms with Crippen LogP contribution >= 0.6 is 24.8 Å². The molecule has 0 bridgehead atoms. The first-order valence-corrected chi connectivity index (χ1v) is 9.91. The average Bonchev–Trinajstić information content (AvgIpc) is 2.99. The van der Waals surface area contributed by atoms with E-state index in [9.17, 15) is 14.4 Å². The number of benzene rings is 1. The Morgan fingerprint density at radius 1 is 1.03 bits per heavy atom. The van der Waals surface area contributed by atoms with Crippen molar-refractivity contribution in [1.29, 1.82) is 0 Å². The number of carbonyl (C=O) groups is 3. The van der Waals surface area contributed by atoms with E-state index in [0.29, 0.717) is 35.7 Å². The summed E-state index contributed by atoms with van der Waals surface area (Å²) in [4.78, 5) is 45.4. The zero-order valence-electron chi connectivity index (χ0n) is 17.2. The van der Waals surface area contributed by atoms with Crippen molar-refractivity contribution >= 4 is 42.5 Å². The number of fused-ring (bicyclic) bond motifs is 1. The molecule has 0 radical (unpaired) electrons. The number of halogens is 2. The van der Waals surface area contributed by atoms with Crippen LogP contribution in [0.5, 0.6) is 0 Å². The number of nitrogens with zero attached hydrogens (tertiary/aromatic N) is 3. The molecule has 7 nitrogen and oxygen atoms in total. The fraction of sp³-hybridized carbons (Fsp3) is 0.364. The van der Waals surface area contributed by atoms with E-state index in [-0.39, 0.29) is 49.1 Å².